The molecule has 3 aromatic rings. The Morgan fingerprint density at radius 2 is 1.80 bits per heavy atom. The van der Waals surface area contributed by atoms with E-state index in [9.17, 15) is 13.2 Å². The first-order valence-corrected chi connectivity index (χ1v) is 10.7. The lowest BCUT2D eigenvalue weighted by atomic mass is 10.2. The van der Waals surface area contributed by atoms with Gasteiger partial charge in [0.25, 0.3) is 0 Å². The third-order valence-corrected chi connectivity index (χ3v) is 6.16. The molecule has 8 nitrogen and oxygen atoms in total. The number of nitrogens with zero attached hydrogens (tertiary/aromatic N) is 1. The number of ether oxygens (including phenoxy) is 2. The molecular weight excluding hydrogens is 410 g/mol. The summed E-state index contributed by atoms with van der Waals surface area (Å²) in [6.45, 7) is 3.93. The number of hydrogen-bond acceptors (Lipinski definition) is 7. The van der Waals surface area contributed by atoms with Crippen molar-refractivity contribution in [3.8, 4) is 5.75 Å². The summed E-state index contributed by atoms with van der Waals surface area (Å²) < 4.78 is 48.9. The van der Waals surface area contributed by atoms with Crippen molar-refractivity contribution >= 4 is 16.0 Å². The third kappa shape index (κ3) is 4.74. The fourth-order valence-electron chi connectivity index (χ4n) is 2.92. The van der Waals surface area contributed by atoms with Gasteiger partial charge in [-0.1, -0.05) is 0 Å². The summed E-state index contributed by atoms with van der Waals surface area (Å²) in [5, 5.41) is 0. The molecule has 0 aliphatic heterocycles. The Morgan fingerprint density at radius 3 is 2.40 bits per heavy atom. The third-order valence-electron chi connectivity index (χ3n) is 4.36. The minimum absolute atomic E-state index is 0.00412. The van der Waals surface area contributed by atoms with Gasteiger partial charge in [-0.05, 0) is 56.3 Å². The number of benzene rings is 1. The van der Waals surface area contributed by atoms with Gasteiger partial charge in [0.15, 0.2) is 0 Å². The number of aryl methyl sites for hydroxylation is 1. The van der Waals surface area contributed by atoms with Gasteiger partial charge in [0.2, 0.25) is 15.8 Å². The second-order valence-corrected chi connectivity index (χ2v) is 8.41. The van der Waals surface area contributed by atoms with E-state index in [1.807, 2.05) is 6.92 Å². The number of furan rings is 2. The van der Waals surface area contributed by atoms with Crippen molar-refractivity contribution in [1.29, 1.82) is 0 Å². The first-order valence-electron chi connectivity index (χ1n) is 9.28. The monoisotopic (exact) mass is 433 g/mol. The molecule has 9 heteroatoms. The van der Waals surface area contributed by atoms with Gasteiger partial charge in [0, 0.05) is 5.56 Å². The number of rotatable bonds is 9. The zero-order valence-electron chi connectivity index (χ0n) is 17.0. The number of carbonyl (C=O) groups is 1. The van der Waals surface area contributed by atoms with Gasteiger partial charge in [0.05, 0.1) is 38.0 Å². The highest BCUT2D eigenvalue weighted by molar-refractivity contribution is 7.89. The number of methoxy groups -OCH3 is 1. The molecule has 0 bridgehead atoms. The molecule has 0 spiro atoms. The van der Waals surface area contributed by atoms with E-state index in [4.69, 9.17) is 18.3 Å². The molecular formula is C21H23NO7S. The molecule has 2 heterocycles. The summed E-state index contributed by atoms with van der Waals surface area (Å²) in [7, 11) is -2.64. The standard InChI is InChI=1S/C21H23NO7S/c1-4-27-16-7-9-19(10-8-16)30(24,25)22(13-17-6-5-11-28-17)14-18-12-15(2)20(29-18)21(23)26-3/h5-12H,4,13-14H2,1-3H3. The van der Waals surface area contributed by atoms with Crippen LogP contribution in [0, 0.1) is 6.92 Å². The van der Waals surface area contributed by atoms with Crippen LogP contribution in [0.2, 0.25) is 0 Å². The van der Waals surface area contributed by atoms with E-state index in [-0.39, 0.29) is 23.7 Å². The first kappa shape index (κ1) is 21.7. The average molecular weight is 433 g/mol. The molecule has 0 saturated heterocycles. The molecule has 3 rings (SSSR count). The van der Waals surface area contributed by atoms with Gasteiger partial charge < -0.3 is 18.3 Å². The van der Waals surface area contributed by atoms with Crippen LogP contribution >= 0.6 is 0 Å². The van der Waals surface area contributed by atoms with Crippen LogP contribution in [0.1, 0.15) is 34.6 Å². The number of carbonyl (C=O) groups excluding carboxylic acids is 1. The molecule has 30 heavy (non-hydrogen) atoms. The zero-order chi connectivity index (χ0) is 21.7. The summed E-state index contributed by atoms with van der Waals surface area (Å²) in [6, 6.07) is 11.2. The topological polar surface area (TPSA) is 99.2 Å². The zero-order valence-corrected chi connectivity index (χ0v) is 17.8. The highest BCUT2D eigenvalue weighted by Crippen LogP contribution is 2.25. The molecule has 0 radical (unpaired) electrons. The summed E-state index contributed by atoms with van der Waals surface area (Å²) in [5.41, 5.74) is 0.563. The van der Waals surface area contributed by atoms with Crippen LogP contribution in [0.25, 0.3) is 0 Å². The Labute approximate surface area is 175 Å². The Bertz CT molecular complexity index is 1080. The molecule has 0 aliphatic rings. The van der Waals surface area contributed by atoms with Crippen molar-refractivity contribution in [2.24, 2.45) is 0 Å². The molecule has 0 aliphatic carbocycles. The second kappa shape index (κ2) is 9.19. The minimum atomic E-state index is -3.89. The fourth-order valence-corrected chi connectivity index (χ4v) is 4.29. The summed E-state index contributed by atoms with van der Waals surface area (Å²) >= 11 is 0. The van der Waals surface area contributed by atoms with Crippen LogP contribution in [0.15, 0.2) is 62.5 Å². The fraction of sp³-hybridized carbons (Fsp3) is 0.286. The van der Waals surface area contributed by atoms with Crippen molar-refractivity contribution in [2.75, 3.05) is 13.7 Å². The van der Waals surface area contributed by atoms with E-state index in [0.717, 1.165) is 0 Å². The molecule has 0 fully saturated rings. The van der Waals surface area contributed by atoms with Crippen LogP contribution in [-0.4, -0.2) is 32.4 Å². The van der Waals surface area contributed by atoms with Crippen molar-refractivity contribution in [3.05, 3.63) is 71.6 Å². The van der Waals surface area contributed by atoms with Gasteiger partial charge in [-0.3, -0.25) is 0 Å². The predicted molar refractivity (Wildman–Crippen MR) is 108 cm³/mol. The number of esters is 1. The van der Waals surface area contributed by atoms with Gasteiger partial charge >= 0.3 is 5.97 Å². The first-order chi connectivity index (χ1) is 14.3. The maximum absolute atomic E-state index is 13.3. The van der Waals surface area contributed by atoms with E-state index < -0.39 is 16.0 Å². The number of hydrogen-bond donors (Lipinski definition) is 0. The maximum Gasteiger partial charge on any atom is 0.374 e. The predicted octanol–water partition coefficient (Wildman–Crippen LogP) is 3.76. The summed E-state index contributed by atoms with van der Waals surface area (Å²) in [4.78, 5) is 11.9. The van der Waals surface area contributed by atoms with Gasteiger partial charge in [-0.25, -0.2) is 13.2 Å². The molecule has 1 aromatic carbocycles. The average Bonchev–Trinajstić information content (AvgIpc) is 3.37. The SMILES string of the molecule is CCOc1ccc(S(=O)(=O)N(Cc2ccco2)Cc2cc(C)c(C(=O)OC)o2)cc1. The highest BCUT2D eigenvalue weighted by atomic mass is 32.2. The lowest BCUT2D eigenvalue weighted by Crippen LogP contribution is -2.30. The number of sulfonamides is 1. The van der Waals surface area contributed by atoms with Gasteiger partial charge in [-0.15, -0.1) is 0 Å². The molecule has 0 amide bonds. The largest absolute Gasteiger partial charge is 0.494 e. The quantitative estimate of drug-likeness (QED) is 0.474. The van der Waals surface area contributed by atoms with E-state index in [1.165, 1.54) is 29.8 Å². The maximum atomic E-state index is 13.3. The second-order valence-electron chi connectivity index (χ2n) is 6.47. The van der Waals surface area contributed by atoms with Crippen molar-refractivity contribution < 1.29 is 31.5 Å². The molecule has 0 atom stereocenters. The van der Waals surface area contributed by atoms with Gasteiger partial charge in [0.1, 0.15) is 17.3 Å². The summed E-state index contributed by atoms with van der Waals surface area (Å²) in [6.07, 6.45) is 1.48. The Balaban J connectivity index is 1.93. The normalized spacial score (nSPS) is 11.6. The van der Waals surface area contributed by atoms with Crippen LogP contribution in [-0.2, 0) is 27.8 Å². The highest BCUT2D eigenvalue weighted by Gasteiger charge is 2.28. The van der Waals surface area contributed by atoms with Crippen molar-refractivity contribution in [3.63, 3.8) is 0 Å². The van der Waals surface area contributed by atoms with Crippen LogP contribution in [0.3, 0.4) is 0 Å². The van der Waals surface area contributed by atoms with Crippen molar-refractivity contribution in [1.82, 2.24) is 4.31 Å². The Morgan fingerprint density at radius 1 is 1.10 bits per heavy atom. The smallest absolute Gasteiger partial charge is 0.374 e. The van der Waals surface area contributed by atoms with Gasteiger partial charge in [-0.2, -0.15) is 4.31 Å². The van der Waals surface area contributed by atoms with E-state index in [0.29, 0.717) is 29.4 Å². The molecule has 2 aromatic heterocycles. The van der Waals surface area contributed by atoms with Crippen LogP contribution < -0.4 is 4.74 Å². The van der Waals surface area contributed by atoms with Crippen molar-refractivity contribution in [2.45, 2.75) is 31.8 Å². The lowest BCUT2D eigenvalue weighted by Gasteiger charge is -2.20. The molecule has 0 unspecified atom stereocenters. The van der Waals surface area contributed by atoms with Crippen LogP contribution in [0.4, 0.5) is 0 Å². The molecule has 0 saturated carbocycles. The Kier molecular flexibility index (Phi) is 6.63. The van der Waals surface area contributed by atoms with E-state index in [1.54, 1.807) is 37.3 Å². The molecule has 0 N–H and O–H groups in total. The lowest BCUT2D eigenvalue weighted by molar-refractivity contribution is 0.0561. The Hall–Kier alpha value is -3.04. The van der Waals surface area contributed by atoms with E-state index >= 15 is 0 Å². The minimum Gasteiger partial charge on any atom is -0.494 e. The van der Waals surface area contributed by atoms with E-state index in [2.05, 4.69) is 0 Å². The molecule has 160 valence electrons. The summed E-state index contributed by atoms with van der Waals surface area (Å²) in [5.74, 6) is 0.794. The van der Waals surface area contributed by atoms with Crippen LogP contribution in [0.5, 0.6) is 5.75 Å².